The summed E-state index contributed by atoms with van der Waals surface area (Å²) in [6.07, 6.45) is -4.83. The summed E-state index contributed by atoms with van der Waals surface area (Å²) in [5, 5.41) is 4.77. The lowest BCUT2D eigenvalue weighted by molar-refractivity contribution is -0.274. The van der Waals surface area contributed by atoms with Gasteiger partial charge >= 0.3 is 6.36 Å². The Morgan fingerprint density at radius 1 is 1.04 bits per heavy atom. The predicted octanol–water partition coefficient (Wildman–Crippen LogP) is 2.83. The molecule has 1 heterocycles. The molecule has 0 bridgehead atoms. The van der Waals surface area contributed by atoms with Gasteiger partial charge in [0.05, 0.1) is 0 Å². The van der Waals surface area contributed by atoms with Gasteiger partial charge in [0, 0.05) is 11.4 Å². The number of fused-ring (bicyclic) bond motifs is 1. The topological polar surface area (TPSA) is 84.5 Å². The number of para-hydroxylation sites is 1. The highest BCUT2D eigenvalue weighted by molar-refractivity contribution is 6.47. The number of benzene rings is 2. The van der Waals surface area contributed by atoms with Crippen molar-refractivity contribution >= 4 is 29.0 Å². The van der Waals surface area contributed by atoms with Crippen molar-refractivity contribution in [3.05, 3.63) is 54.1 Å². The summed E-state index contributed by atoms with van der Waals surface area (Å²) in [6.45, 7) is 0. The van der Waals surface area contributed by atoms with E-state index in [1.165, 1.54) is 0 Å². The van der Waals surface area contributed by atoms with Crippen LogP contribution in [0.15, 0.2) is 48.5 Å². The fourth-order valence-corrected chi connectivity index (χ4v) is 2.53. The Hall–Kier alpha value is -3.36. The van der Waals surface area contributed by atoms with Gasteiger partial charge in [-0.05, 0) is 35.9 Å². The van der Waals surface area contributed by atoms with Crippen LogP contribution in [0.3, 0.4) is 0 Å². The van der Waals surface area contributed by atoms with Crippen LogP contribution in [0, 0.1) is 0 Å². The third kappa shape index (κ3) is 3.66. The summed E-state index contributed by atoms with van der Waals surface area (Å²) in [7, 11) is 0. The van der Waals surface area contributed by atoms with Crippen LogP contribution in [0.5, 0.6) is 5.75 Å². The summed E-state index contributed by atoms with van der Waals surface area (Å²) < 4.78 is 40.1. The molecule has 1 aliphatic rings. The van der Waals surface area contributed by atoms with Crippen LogP contribution in [0.1, 0.15) is 11.5 Å². The summed E-state index contributed by atoms with van der Waals surface area (Å²) in [4.78, 5) is 36.4. The summed E-state index contributed by atoms with van der Waals surface area (Å²) >= 11 is 0. The van der Waals surface area contributed by atoms with E-state index >= 15 is 0 Å². The maximum Gasteiger partial charge on any atom is 0.573 e. The first kappa shape index (κ1) is 17.5. The van der Waals surface area contributed by atoms with Crippen LogP contribution in [0.25, 0.3) is 0 Å². The molecule has 0 aromatic heterocycles. The Bertz CT molecular complexity index is 878. The fraction of sp³-hybridized carbons (Fsp3) is 0.118. The maximum atomic E-state index is 12.3. The number of nitrogens with one attached hydrogen (secondary N) is 2. The number of carbonyl (C=O) groups is 3. The van der Waals surface area contributed by atoms with Gasteiger partial charge < -0.3 is 15.4 Å². The van der Waals surface area contributed by atoms with E-state index in [1.807, 2.05) is 0 Å². The number of hydrogen-bond acceptors (Lipinski definition) is 4. The van der Waals surface area contributed by atoms with Gasteiger partial charge in [-0.25, -0.2) is 0 Å². The molecule has 0 saturated carbocycles. The van der Waals surface area contributed by atoms with E-state index in [0.29, 0.717) is 11.3 Å². The van der Waals surface area contributed by atoms with Crippen molar-refractivity contribution in [2.45, 2.75) is 12.3 Å². The second-order valence-electron chi connectivity index (χ2n) is 5.40. The number of amides is 2. The van der Waals surface area contributed by atoms with Gasteiger partial charge in [0.2, 0.25) is 11.7 Å². The van der Waals surface area contributed by atoms with E-state index in [9.17, 15) is 27.6 Å². The Morgan fingerprint density at radius 2 is 1.69 bits per heavy atom. The third-order valence-corrected chi connectivity index (χ3v) is 3.62. The molecule has 1 atom stereocenters. The molecule has 0 spiro atoms. The number of ether oxygens (including phenoxy) is 1. The number of alkyl halides is 3. The predicted molar refractivity (Wildman–Crippen MR) is 84.6 cm³/mol. The molecule has 134 valence electrons. The van der Waals surface area contributed by atoms with E-state index in [4.69, 9.17) is 0 Å². The van der Waals surface area contributed by atoms with Crippen molar-refractivity contribution in [3.8, 4) is 5.75 Å². The second-order valence-corrected chi connectivity index (χ2v) is 5.40. The Labute approximate surface area is 145 Å². The first-order chi connectivity index (χ1) is 12.2. The zero-order chi connectivity index (χ0) is 18.9. The van der Waals surface area contributed by atoms with E-state index in [-0.39, 0.29) is 5.69 Å². The molecule has 1 aliphatic heterocycles. The van der Waals surface area contributed by atoms with Crippen molar-refractivity contribution < 1.29 is 32.3 Å². The molecule has 0 aliphatic carbocycles. The number of hydrogen-bond donors (Lipinski definition) is 2. The largest absolute Gasteiger partial charge is 0.573 e. The molecule has 2 amide bonds. The molecule has 0 unspecified atom stereocenters. The van der Waals surface area contributed by atoms with E-state index in [2.05, 4.69) is 15.4 Å². The zero-order valence-electron chi connectivity index (χ0n) is 13.0. The Kier molecular flexibility index (Phi) is 4.37. The molecule has 26 heavy (non-hydrogen) atoms. The second kappa shape index (κ2) is 6.51. The van der Waals surface area contributed by atoms with Crippen LogP contribution >= 0.6 is 0 Å². The maximum absolute atomic E-state index is 12.3. The molecule has 2 aromatic carbocycles. The lowest BCUT2D eigenvalue weighted by Gasteiger charge is -2.11. The van der Waals surface area contributed by atoms with Crippen LogP contribution in [0.2, 0.25) is 0 Å². The van der Waals surface area contributed by atoms with Gasteiger partial charge in [0.15, 0.2) is 0 Å². The van der Waals surface area contributed by atoms with Crippen LogP contribution < -0.4 is 15.4 Å². The SMILES string of the molecule is O=C(Nc1ccc(OC(F)(F)F)cc1)C(=O)[C@H]1C(=O)Nc2ccccc21. The quantitative estimate of drug-likeness (QED) is 0.645. The molecule has 9 heteroatoms. The highest BCUT2D eigenvalue weighted by Crippen LogP contribution is 2.33. The van der Waals surface area contributed by atoms with Gasteiger partial charge in [-0.3, -0.25) is 14.4 Å². The molecule has 6 nitrogen and oxygen atoms in total. The molecule has 0 radical (unpaired) electrons. The van der Waals surface area contributed by atoms with Crippen molar-refractivity contribution in [1.82, 2.24) is 0 Å². The minimum atomic E-state index is -4.83. The zero-order valence-corrected chi connectivity index (χ0v) is 13.0. The van der Waals surface area contributed by atoms with Crippen molar-refractivity contribution in [3.63, 3.8) is 0 Å². The van der Waals surface area contributed by atoms with Crippen LogP contribution in [-0.2, 0) is 14.4 Å². The van der Waals surface area contributed by atoms with Crippen molar-refractivity contribution in [2.75, 3.05) is 10.6 Å². The fourth-order valence-electron chi connectivity index (χ4n) is 2.53. The average Bonchev–Trinajstić information content (AvgIpc) is 2.90. The van der Waals surface area contributed by atoms with Gasteiger partial charge in [-0.2, -0.15) is 0 Å². The highest BCUT2D eigenvalue weighted by Gasteiger charge is 2.39. The molecule has 2 N–H and O–H groups in total. The molecule has 0 saturated heterocycles. The highest BCUT2D eigenvalue weighted by atomic mass is 19.4. The van der Waals surface area contributed by atoms with Crippen molar-refractivity contribution in [1.29, 1.82) is 0 Å². The number of halogens is 3. The lowest BCUT2D eigenvalue weighted by atomic mass is 9.95. The minimum Gasteiger partial charge on any atom is -0.406 e. The number of Topliss-reactive ketones (excluding diaryl/α,β-unsaturated/α-hetero) is 1. The first-order valence-electron chi connectivity index (χ1n) is 7.35. The number of ketones is 1. The molecule has 3 rings (SSSR count). The summed E-state index contributed by atoms with van der Waals surface area (Å²) in [5.41, 5.74) is 0.938. The van der Waals surface area contributed by atoms with Gasteiger partial charge in [-0.1, -0.05) is 18.2 Å². The summed E-state index contributed by atoms with van der Waals surface area (Å²) in [6, 6.07) is 10.8. The van der Waals surface area contributed by atoms with Crippen LogP contribution in [-0.4, -0.2) is 24.0 Å². The minimum absolute atomic E-state index is 0.0876. The Morgan fingerprint density at radius 3 is 2.35 bits per heavy atom. The summed E-state index contributed by atoms with van der Waals surface area (Å²) in [5.74, 6) is -4.36. The molecule has 0 fully saturated rings. The number of rotatable bonds is 4. The third-order valence-electron chi connectivity index (χ3n) is 3.62. The van der Waals surface area contributed by atoms with E-state index in [0.717, 1.165) is 24.3 Å². The first-order valence-corrected chi connectivity index (χ1v) is 7.35. The van der Waals surface area contributed by atoms with Crippen LogP contribution in [0.4, 0.5) is 24.5 Å². The molecule has 2 aromatic rings. The standard InChI is InChI=1S/C17H11F3N2O4/c18-17(19,20)26-10-7-5-9(6-8-10)21-16(25)14(23)13-11-3-1-2-4-12(11)22-15(13)24/h1-8,13H,(H,21,25)(H,22,24)/t13-/m0/s1. The van der Waals surface area contributed by atoms with Gasteiger partial charge in [-0.15, -0.1) is 13.2 Å². The van der Waals surface area contributed by atoms with E-state index < -0.39 is 35.6 Å². The van der Waals surface area contributed by atoms with Gasteiger partial charge in [0.1, 0.15) is 11.7 Å². The Balaban J connectivity index is 1.70. The van der Waals surface area contributed by atoms with E-state index in [1.54, 1.807) is 24.3 Å². The average molecular weight is 364 g/mol. The molecular weight excluding hydrogens is 353 g/mol. The van der Waals surface area contributed by atoms with Crippen molar-refractivity contribution in [2.24, 2.45) is 0 Å². The lowest BCUT2D eigenvalue weighted by Crippen LogP contribution is -2.31. The number of carbonyl (C=O) groups excluding carboxylic acids is 3. The number of anilines is 2. The molecular formula is C17H11F3N2O4. The monoisotopic (exact) mass is 364 g/mol. The smallest absolute Gasteiger partial charge is 0.406 e. The normalized spacial score (nSPS) is 15.8. The van der Waals surface area contributed by atoms with Gasteiger partial charge in [0.25, 0.3) is 5.91 Å².